The average Bonchev–Trinajstić information content (AvgIpc) is 2.66. The summed E-state index contributed by atoms with van der Waals surface area (Å²) < 4.78 is 42.7. The number of rotatable bonds is 5. The third-order valence-corrected chi connectivity index (χ3v) is 7.15. The molecule has 1 saturated heterocycles. The molecule has 1 saturated carbocycles. The lowest BCUT2D eigenvalue weighted by molar-refractivity contribution is 0.0361. The minimum Gasteiger partial charge on any atom is -0.490 e. The van der Waals surface area contributed by atoms with Crippen molar-refractivity contribution in [2.75, 3.05) is 32.5 Å². The van der Waals surface area contributed by atoms with Crippen molar-refractivity contribution in [3.8, 4) is 5.75 Å². The first-order valence-electron chi connectivity index (χ1n) is 10.0. The van der Waals surface area contributed by atoms with Crippen molar-refractivity contribution >= 4 is 15.9 Å². The van der Waals surface area contributed by atoms with Gasteiger partial charge in [0.05, 0.1) is 11.5 Å². The predicted molar refractivity (Wildman–Crippen MR) is 107 cm³/mol. The SMILES string of the molecule is CC1CN([C@H]2CC[C@H](COc3ccc(S(C)(=O)=O)cc3F)CC2)CCN1C(=O)O. The van der Waals surface area contributed by atoms with E-state index in [0.29, 0.717) is 25.1 Å². The van der Waals surface area contributed by atoms with Crippen LogP contribution >= 0.6 is 0 Å². The average molecular weight is 429 g/mol. The fourth-order valence-corrected chi connectivity index (χ4v) is 4.95. The summed E-state index contributed by atoms with van der Waals surface area (Å²) in [4.78, 5) is 15.0. The Morgan fingerprint density at radius 2 is 1.93 bits per heavy atom. The second-order valence-corrected chi connectivity index (χ2v) is 10.2. The molecule has 2 fully saturated rings. The van der Waals surface area contributed by atoms with Crippen LogP contribution in [-0.2, 0) is 9.84 Å². The van der Waals surface area contributed by atoms with E-state index in [0.717, 1.165) is 51.1 Å². The predicted octanol–water partition coefficient (Wildman–Crippen LogP) is 2.85. The van der Waals surface area contributed by atoms with Crippen LogP contribution in [0.2, 0.25) is 0 Å². The molecule has 0 radical (unpaired) electrons. The number of piperazine rings is 1. The summed E-state index contributed by atoms with van der Waals surface area (Å²) in [6.07, 6.45) is 4.17. The molecule has 29 heavy (non-hydrogen) atoms. The standard InChI is InChI=1S/C20H29FN2O5S/c1-14-12-22(9-10-23(14)20(24)25)16-5-3-15(4-6-16)13-28-19-8-7-17(11-18(19)21)29(2,26)27/h7-8,11,14-16H,3-6,9-10,12-13H2,1-2H3,(H,24,25)/t14?,15-,16-. The Bertz CT molecular complexity index is 839. The van der Waals surface area contributed by atoms with E-state index in [-0.39, 0.29) is 16.7 Å². The summed E-state index contributed by atoms with van der Waals surface area (Å²) >= 11 is 0. The fraction of sp³-hybridized carbons (Fsp3) is 0.650. The molecule has 0 aromatic heterocycles. The Hall–Kier alpha value is -1.87. The van der Waals surface area contributed by atoms with Crippen molar-refractivity contribution in [3.05, 3.63) is 24.0 Å². The normalized spacial score (nSPS) is 26.3. The topological polar surface area (TPSA) is 87.2 Å². The van der Waals surface area contributed by atoms with Crippen LogP contribution in [-0.4, -0.2) is 74.0 Å². The Kier molecular flexibility index (Phi) is 6.68. The number of halogens is 1. The van der Waals surface area contributed by atoms with Crippen molar-refractivity contribution in [1.82, 2.24) is 9.80 Å². The van der Waals surface area contributed by atoms with E-state index >= 15 is 0 Å². The van der Waals surface area contributed by atoms with Crippen molar-refractivity contribution in [2.24, 2.45) is 5.92 Å². The van der Waals surface area contributed by atoms with Gasteiger partial charge in [-0.3, -0.25) is 4.90 Å². The zero-order chi connectivity index (χ0) is 21.2. The van der Waals surface area contributed by atoms with Crippen molar-refractivity contribution < 1.29 is 27.4 Å². The van der Waals surface area contributed by atoms with Gasteiger partial charge in [0.15, 0.2) is 21.4 Å². The molecular weight excluding hydrogens is 399 g/mol. The van der Waals surface area contributed by atoms with Gasteiger partial charge in [0, 0.05) is 38.0 Å². The van der Waals surface area contributed by atoms with Crippen LogP contribution in [0.5, 0.6) is 5.75 Å². The molecule has 9 heteroatoms. The number of sulfone groups is 1. The molecule has 2 aliphatic rings. The van der Waals surface area contributed by atoms with Gasteiger partial charge in [-0.05, 0) is 56.7 Å². The molecule has 3 rings (SSSR count). The Morgan fingerprint density at radius 1 is 1.24 bits per heavy atom. The minimum absolute atomic E-state index is 0.000175. The number of benzene rings is 1. The Balaban J connectivity index is 1.47. The Morgan fingerprint density at radius 3 is 2.48 bits per heavy atom. The smallest absolute Gasteiger partial charge is 0.407 e. The highest BCUT2D eigenvalue weighted by Crippen LogP contribution is 2.30. The highest BCUT2D eigenvalue weighted by molar-refractivity contribution is 7.90. The van der Waals surface area contributed by atoms with Crippen LogP contribution < -0.4 is 4.74 Å². The van der Waals surface area contributed by atoms with Gasteiger partial charge in [-0.2, -0.15) is 0 Å². The van der Waals surface area contributed by atoms with E-state index in [9.17, 15) is 22.7 Å². The van der Waals surface area contributed by atoms with Gasteiger partial charge in [0.1, 0.15) is 0 Å². The van der Waals surface area contributed by atoms with Crippen LogP contribution in [0.1, 0.15) is 32.6 Å². The second kappa shape index (κ2) is 8.87. The van der Waals surface area contributed by atoms with Gasteiger partial charge >= 0.3 is 6.09 Å². The summed E-state index contributed by atoms with van der Waals surface area (Å²) in [5.74, 6) is -0.247. The molecule has 7 nitrogen and oxygen atoms in total. The molecule has 1 atom stereocenters. The van der Waals surface area contributed by atoms with Gasteiger partial charge in [-0.25, -0.2) is 17.6 Å². The van der Waals surface area contributed by atoms with E-state index in [2.05, 4.69) is 4.90 Å². The van der Waals surface area contributed by atoms with Crippen LogP contribution in [0.25, 0.3) is 0 Å². The lowest BCUT2D eigenvalue weighted by Crippen LogP contribution is -2.56. The van der Waals surface area contributed by atoms with Gasteiger partial charge in [-0.15, -0.1) is 0 Å². The summed E-state index contributed by atoms with van der Waals surface area (Å²) in [6, 6.07) is 4.19. The molecule has 0 bridgehead atoms. The van der Waals surface area contributed by atoms with E-state index < -0.39 is 21.7 Å². The highest BCUT2D eigenvalue weighted by Gasteiger charge is 2.33. The van der Waals surface area contributed by atoms with Crippen LogP contribution in [0.3, 0.4) is 0 Å². The third-order valence-electron chi connectivity index (χ3n) is 6.04. The van der Waals surface area contributed by atoms with E-state index in [1.807, 2.05) is 6.92 Å². The summed E-state index contributed by atoms with van der Waals surface area (Å²) in [5, 5.41) is 9.20. The van der Waals surface area contributed by atoms with E-state index in [1.54, 1.807) is 0 Å². The first-order valence-corrected chi connectivity index (χ1v) is 11.9. The lowest BCUT2D eigenvalue weighted by Gasteiger charge is -2.44. The quantitative estimate of drug-likeness (QED) is 0.776. The van der Waals surface area contributed by atoms with Crippen molar-refractivity contribution in [2.45, 2.75) is 49.6 Å². The molecule has 1 heterocycles. The number of hydrogen-bond acceptors (Lipinski definition) is 5. The zero-order valence-corrected chi connectivity index (χ0v) is 17.7. The zero-order valence-electron chi connectivity index (χ0n) is 16.9. The van der Waals surface area contributed by atoms with Crippen LogP contribution in [0.15, 0.2) is 23.1 Å². The molecule has 1 aliphatic heterocycles. The highest BCUT2D eigenvalue weighted by atomic mass is 32.2. The summed E-state index contributed by atoms with van der Waals surface area (Å²) in [5.41, 5.74) is 0. The first-order chi connectivity index (χ1) is 13.6. The van der Waals surface area contributed by atoms with Gasteiger partial charge in [0.25, 0.3) is 0 Å². The molecule has 162 valence electrons. The van der Waals surface area contributed by atoms with Gasteiger partial charge < -0.3 is 14.7 Å². The van der Waals surface area contributed by atoms with Gasteiger partial charge in [-0.1, -0.05) is 0 Å². The summed E-state index contributed by atoms with van der Waals surface area (Å²) in [7, 11) is -3.44. The van der Waals surface area contributed by atoms with E-state index in [1.165, 1.54) is 17.0 Å². The van der Waals surface area contributed by atoms with Gasteiger partial charge in [0.2, 0.25) is 0 Å². The number of hydrogen-bond donors (Lipinski definition) is 1. The largest absolute Gasteiger partial charge is 0.490 e. The minimum atomic E-state index is -3.44. The maximum atomic E-state index is 14.1. The molecule has 0 spiro atoms. The first kappa shape index (κ1) is 21.8. The number of carbonyl (C=O) groups is 1. The lowest BCUT2D eigenvalue weighted by atomic mass is 9.85. The van der Waals surface area contributed by atoms with Crippen LogP contribution in [0.4, 0.5) is 9.18 Å². The maximum absolute atomic E-state index is 14.1. The molecular formula is C20H29FN2O5S. The molecule has 1 unspecified atom stereocenters. The monoisotopic (exact) mass is 428 g/mol. The molecule has 1 aliphatic carbocycles. The molecule has 1 aromatic rings. The number of carboxylic acid groups (broad SMARTS) is 1. The number of amides is 1. The fourth-order valence-electron chi connectivity index (χ4n) is 4.32. The third kappa shape index (κ3) is 5.39. The Labute approximate surface area is 171 Å². The molecule has 1 aromatic carbocycles. The summed E-state index contributed by atoms with van der Waals surface area (Å²) in [6.45, 7) is 4.42. The van der Waals surface area contributed by atoms with E-state index in [4.69, 9.17) is 4.74 Å². The van der Waals surface area contributed by atoms with Crippen molar-refractivity contribution in [1.29, 1.82) is 0 Å². The van der Waals surface area contributed by atoms with Crippen LogP contribution in [0, 0.1) is 11.7 Å². The number of nitrogens with zero attached hydrogens (tertiary/aromatic N) is 2. The molecule has 1 N–H and O–H groups in total. The number of ether oxygens (including phenoxy) is 1. The molecule has 1 amide bonds. The maximum Gasteiger partial charge on any atom is 0.407 e. The second-order valence-electron chi connectivity index (χ2n) is 8.17. The van der Waals surface area contributed by atoms with Crippen molar-refractivity contribution in [3.63, 3.8) is 0 Å².